The van der Waals surface area contributed by atoms with E-state index in [0.29, 0.717) is 12.2 Å². The van der Waals surface area contributed by atoms with Crippen LogP contribution in [0.1, 0.15) is 24.2 Å². The van der Waals surface area contributed by atoms with Gasteiger partial charge in [-0.1, -0.05) is 19.9 Å². The lowest BCUT2D eigenvalue weighted by atomic mass is 10.0. The highest BCUT2D eigenvalue weighted by atomic mass is 16.5. The molecule has 5 nitrogen and oxygen atoms in total. The van der Waals surface area contributed by atoms with Crippen LogP contribution in [0.5, 0.6) is 0 Å². The summed E-state index contributed by atoms with van der Waals surface area (Å²) in [5, 5.41) is 13.2. The smallest absolute Gasteiger partial charge is 0.252 e. The van der Waals surface area contributed by atoms with Crippen LogP contribution in [-0.2, 0) is 11.3 Å². The van der Waals surface area contributed by atoms with Crippen LogP contribution in [0.25, 0.3) is 10.9 Å². The molecule has 120 valence electrons. The molecule has 0 fully saturated rings. The lowest BCUT2D eigenvalue weighted by Gasteiger charge is -2.20. The van der Waals surface area contributed by atoms with E-state index < -0.39 is 0 Å². The zero-order chi connectivity index (χ0) is 16.1. The van der Waals surface area contributed by atoms with Gasteiger partial charge in [-0.15, -0.1) is 0 Å². The predicted octanol–water partition coefficient (Wildman–Crippen LogP) is 2.03. The number of rotatable bonds is 7. The SMILES string of the molecule is COCCn1ccc2c(C(=O)N[C@H](CO)C(C)C)cccc21. The summed E-state index contributed by atoms with van der Waals surface area (Å²) in [6, 6.07) is 7.40. The van der Waals surface area contributed by atoms with Gasteiger partial charge in [0.2, 0.25) is 0 Å². The average molecular weight is 304 g/mol. The first-order valence-corrected chi connectivity index (χ1v) is 7.57. The van der Waals surface area contributed by atoms with E-state index in [4.69, 9.17) is 4.74 Å². The van der Waals surface area contributed by atoms with Gasteiger partial charge in [-0.3, -0.25) is 4.79 Å². The Labute approximate surface area is 130 Å². The molecule has 22 heavy (non-hydrogen) atoms. The Morgan fingerprint density at radius 3 is 2.77 bits per heavy atom. The summed E-state index contributed by atoms with van der Waals surface area (Å²) in [6.45, 7) is 5.26. The minimum Gasteiger partial charge on any atom is -0.394 e. The number of carbonyl (C=O) groups is 1. The highest BCUT2D eigenvalue weighted by molar-refractivity contribution is 6.06. The maximum Gasteiger partial charge on any atom is 0.252 e. The summed E-state index contributed by atoms with van der Waals surface area (Å²) >= 11 is 0. The van der Waals surface area contributed by atoms with E-state index in [1.165, 1.54) is 0 Å². The number of aliphatic hydroxyl groups is 1. The lowest BCUT2D eigenvalue weighted by molar-refractivity contribution is 0.0898. The van der Waals surface area contributed by atoms with Gasteiger partial charge in [0, 0.05) is 36.3 Å². The largest absolute Gasteiger partial charge is 0.394 e. The molecule has 0 aliphatic rings. The summed E-state index contributed by atoms with van der Waals surface area (Å²) in [4.78, 5) is 12.5. The summed E-state index contributed by atoms with van der Waals surface area (Å²) in [6.07, 6.45) is 1.96. The monoisotopic (exact) mass is 304 g/mol. The zero-order valence-electron chi connectivity index (χ0n) is 13.4. The Kier molecular flexibility index (Phi) is 5.57. The number of aromatic nitrogens is 1. The molecule has 0 aliphatic carbocycles. The molecular weight excluding hydrogens is 280 g/mol. The Morgan fingerprint density at radius 1 is 1.36 bits per heavy atom. The zero-order valence-corrected chi connectivity index (χ0v) is 13.4. The van der Waals surface area contributed by atoms with Crippen LogP contribution in [0, 0.1) is 5.92 Å². The van der Waals surface area contributed by atoms with Crippen molar-refractivity contribution < 1.29 is 14.6 Å². The fourth-order valence-electron chi connectivity index (χ4n) is 2.48. The third-order valence-corrected chi connectivity index (χ3v) is 3.91. The third kappa shape index (κ3) is 3.48. The second-order valence-electron chi connectivity index (χ2n) is 5.75. The summed E-state index contributed by atoms with van der Waals surface area (Å²) in [5.74, 6) is 0.0299. The van der Waals surface area contributed by atoms with Crippen LogP contribution in [0.4, 0.5) is 0 Å². The van der Waals surface area contributed by atoms with Gasteiger partial charge >= 0.3 is 0 Å². The minimum absolute atomic E-state index is 0.0613. The minimum atomic E-state index is -0.238. The number of nitrogens with zero attached hydrogens (tertiary/aromatic N) is 1. The molecule has 1 amide bonds. The molecule has 0 bridgehead atoms. The van der Waals surface area contributed by atoms with Crippen LogP contribution in [0.2, 0.25) is 0 Å². The Bertz CT molecular complexity index is 634. The number of nitrogens with one attached hydrogen (secondary N) is 1. The molecule has 5 heteroatoms. The first-order chi connectivity index (χ1) is 10.6. The van der Waals surface area contributed by atoms with Crippen molar-refractivity contribution in [1.29, 1.82) is 0 Å². The number of carbonyl (C=O) groups excluding carboxylic acids is 1. The molecule has 0 unspecified atom stereocenters. The molecule has 2 N–H and O–H groups in total. The molecule has 1 atom stereocenters. The molecule has 2 rings (SSSR count). The maximum atomic E-state index is 12.5. The average Bonchev–Trinajstić information content (AvgIpc) is 2.93. The fraction of sp³-hybridized carbons (Fsp3) is 0.471. The molecule has 1 aromatic heterocycles. The lowest BCUT2D eigenvalue weighted by Crippen LogP contribution is -2.41. The molecule has 0 radical (unpaired) electrons. The van der Waals surface area contributed by atoms with E-state index in [1.807, 2.05) is 44.3 Å². The van der Waals surface area contributed by atoms with Crippen molar-refractivity contribution >= 4 is 16.8 Å². The second-order valence-corrected chi connectivity index (χ2v) is 5.75. The van der Waals surface area contributed by atoms with Gasteiger partial charge in [-0.2, -0.15) is 0 Å². The first-order valence-electron chi connectivity index (χ1n) is 7.57. The number of methoxy groups -OCH3 is 1. The van der Waals surface area contributed by atoms with Crippen molar-refractivity contribution in [2.45, 2.75) is 26.4 Å². The van der Waals surface area contributed by atoms with E-state index >= 15 is 0 Å². The molecule has 0 spiro atoms. The molecular formula is C17H24N2O3. The number of fused-ring (bicyclic) bond motifs is 1. The number of benzene rings is 1. The highest BCUT2D eigenvalue weighted by Gasteiger charge is 2.18. The second kappa shape index (κ2) is 7.42. The quantitative estimate of drug-likeness (QED) is 0.823. The van der Waals surface area contributed by atoms with Gasteiger partial charge in [0.1, 0.15) is 0 Å². The van der Waals surface area contributed by atoms with Gasteiger partial charge in [0.15, 0.2) is 0 Å². The van der Waals surface area contributed by atoms with Crippen molar-refractivity contribution in [2.24, 2.45) is 5.92 Å². The van der Waals surface area contributed by atoms with E-state index in [1.54, 1.807) is 7.11 Å². The van der Waals surface area contributed by atoms with Gasteiger partial charge in [-0.05, 0) is 24.1 Å². The number of ether oxygens (including phenoxy) is 1. The number of aliphatic hydroxyl groups excluding tert-OH is 1. The van der Waals surface area contributed by atoms with Crippen molar-refractivity contribution in [3.05, 3.63) is 36.0 Å². The predicted molar refractivity (Wildman–Crippen MR) is 87.0 cm³/mol. The third-order valence-electron chi connectivity index (χ3n) is 3.91. The Morgan fingerprint density at radius 2 is 2.14 bits per heavy atom. The fourth-order valence-corrected chi connectivity index (χ4v) is 2.48. The van der Waals surface area contributed by atoms with Crippen LogP contribution < -0.4 is 5.32 Å². The topological polar surface area (TPSA) is 63.5 Å². The van der Waals surface area contributed by atoms with Gasteiger partial charge in [-0.25, -0.2) is 0 Å². The van der Waals surface area contributed by atoms with Gasteiger partial charge in [0.25, 0.3) is 5.91 Å². The van der Waals surface area contributed by atoms with Crippen LogP contribution in [-0.4, -0.2) is 41.9 Å². The number of hydrogen-bond donors (Lipinski definition) is 2. The van der Waals surface area contributed by atoms with Crippen LogP contribution >= 0.6 is 0 Å². The molecule has 0 saturated carbocycles. The van der Waals surface area contributed by atoms with Crippen molar-refractivity contribution in [1.82, 2.24) is 9.88 Å². The van der Waals surface area contributed by atoms with Crippen molar-refractivity contribution in [3.8, 4) is 0 Å². The summed E-state index contributed by atoms with van der Waals surface area (Å²) in [7, 11) is 1.67. The van der Waals surface area contributed by atoms with Crippen molar-refractivity contribution in [3.63, 3.8) is 0 Å². The Balaban J connectivity index is 2.27. The molecule has 1 heterocycles. The van der Waals surface area contributed by atoms with Gasteiger partial charge in [0.05, 0.1) is 19.3 Å². The van der Waals surface area contributed by atoms with Crippen LogP contribution in [0.3, 0.4) is 0 Å². The van der Waals surface area contributed by atoms with E-state index in [-0.39, 0.29) is 24.5 Å². The van der Waals surface area contributed by atoms with Gasteiger partial charge < -0.3 is 19.7 Å². The first kappa shape index (κ1) is 16.5. The standard InChI is InChI=1S/C17H24N2O3/c1-12(2)15(11-20)18-17(21)14-5-4-6-16-13(14)7-8-19(16)9-10-22-3/h4-8,12,15,20H,9-11H2,1-3H3,(H,18,21)/t15-/m1/s1. The van der Waals surface area contributed by atoms with Crippen molar-refractivity contribution in [2.75, 3.05) is 20.3 Å². The normalized spacial score (nSPS) is 12.8. The maximum absolute atomic E-state index is 12.5. The van der Waals surface area contributed by atoms with Crippen LogP contribution in [0.15, 0.2) is 30.5 Å². The van der Waals surface area contributed by atoms with E-state index in [0.717, 1.165) is 17.4 Å². The number of hydrogen-bond acceptors (Lipinski definition) is 3. The number of amides is 1. The van der Waals surface area contributed by atoms with E-state index in [9.17, 15) is 9.90 Å². The molecule has 0 saturated heterocycles. The Hall–Kier alpha value is -1.85. The molecule has 0 aliphatic heterocycles. The highest BCUT2D eigenvalue weighted by Crippen LogP contribution is 2.20. The summed E-state index contributed by atoms with van der Waals surface area (Å²) < 4.78 is 7.18. The summed E-state index contributed by atoms with van der Waals surface area (Å²) in [5.41, 5.74) is 1.64. The van der Waals surface area contributed by atoms with E-state index in [2.05, 4.69) is 9.88 Å². The molecule has 2 aromatic rings. The molecule has 1 aromatic carbocycles.